The third-order valence-electron chi connectivity index (χ3n) is 4.31. The Balaban J connectivity index is 1.91. The summed E-state index contributed by atoms with van der Waals surface area (Å²) < 4.78 is 5.57. The van der Waals surface area contributed by atoms with Crippen molar-refractivity contribution in [1.82, 2.24) is 5.43 Å². The van der Waals surface area contributed by atoms with Crippen LogP contribution in [0.3, 0.4) is 0 Å². The molecule has 1 aromatic rings. The minimum Gasteiger partial charge on any atom is -0.483 e. The van der Waals surface area contributed by atoms with Crippen LogP contribution in [-0.4, -0.2) is 18.2 Å². The number of hydrazone groups is 1. The largest absolute Gasteiger partial charge is 0.483 e. The summed E-state index contributed by atoms with van der Waals surface area (Å²) in [6.07, 6.45) is 3.96. The van der Waals surface area contributed by atoms with Gasteiger partial charge in [0.15, 0.2) is 6.61 Å². The van der Waals surface area contributed by atoms with Gasteiger partial charge in [0.25, 0.3) is 5.91 Å². The molecule has 128 valence electrons. The number of hydrogen-bond acceptors (Lipinski definition) is 3. The van der Waals surface area contributed by atoms with Gasteiger partial charge in [-0.3, -0.25) is 4.79 Å². The average Bonchev–Trinajstić information content (AvgIpc) is 2.53. The van der Waals surface area contributed by atoms with Gasteiger partial charge in [-0.15, -0.1) is 0 Å². The first kappa shape index (κ1) is 18.0. The summed E-state index contributed by atoms with van der Waals surface area (Å²) in [6.45, 7) is 12.0. The van der Waals surface area contributed by atoms with Crippen molar-refractivity contribution >= 4 is 11.6 Å². The highest BCUT2D eigenvalue weighted by atomic mass is 16.5. The van der Waals surface area contributed by atoms with Crippen LogP contribution in [0.4, 0.5) is 0 Å². The molecule has 0 aliphatic heterocycles. The lowest BCUT2D eigenvalue weighted by molar-refractivity contribution is -0.123. The molecule has 1 N–H and O–H groups in total. The average molecular weight is 326 g/mol. The number of carbonyl (C=O) groups is 1. The van der Waals surface area contributed by atoms with E-state index in [0.29, 0.717) is 5.92 Å². The zero-order valence-electron chi connectivity index (χ0n) is 15.0. The number of allylic oxidation sites excluding steroid dienone is 3. The van der Waals surface area contributed by atoms with Crippen molar-refractivity contribution in [2.45, 2.75) is 40.5 Å². The van der Waals surface area contributed by atoms with Gasteiger partial charge in [-0.25, -0.2) is 5.43 Å². The third kappa shape index (κ3) is 4.82. The number of benzene rings is 1. The molecule has 0 bridgehead atoms. The fourth-order valence-electron chi connectivity index (χ4n) is 2.69. The van der Waals surface area contributed by atoms with Gasteiger partial charge in [-0.05, 0) is 63.7 Å². The van der Waals surface area contributed by atoms with Gasteiger partial charge in [0.2, 0.25) is 0 Å². The minimum absolute atomic E-state index is 0.0483. The highest BCUT2D eigenvalue weighted by Gasteiger charge is 2.18. The number of ether oxygens (including phenoxy) is 1. The molecule has 1 aromatic carbocycles. The van der Waals surface area contributed by atoms with Crippen LogP contribution in [0.25, 0.3) is 0 Å². The van der Waals surface area contributed by atoms with Crippen molar-refractivity contribution in [1.29, 1.82) is 0 Å². The molecule has 4 nitrogen and oxygen atoms in total. The molecule has 0 radical (unpaired) electrons. The Morgan fingerprint density at radius 1 is 1.38 bits per heavy atom. The number of carbonyl (C=O) groups excluding carboxylic acids is 1. The molecule has 1 aliphatic rings. The summed E-state index contributed by atoms with van der Waals surface area (Å²) in [6, 6.07) is 5.88. The predicted molar refractivity (Wildman–Crippen MR) is 98.3 cm³/mol. The van der Waals surface area contributed by atoms with E-state index in [-0.39, 0.29) is 12.5 Å². The third-order valence-corrected chi connectivity index (χ3v) is 4.31. The predicted octanol–water partition coefficient (Wildman–Crippen LogP) is 4.09. The number of aryl methyl sites for hydroxylation is 2. The molecule has 0 aromatic heterocycles. The van der Waals surface area contributed by atoms with Gasteiger partial charge in [-0.2, -0.15) is 5.10 Å². The number of hydrogen-bond donors (Lipinski definition) is 1. The Bertz CT molecular complexity index is 702. The molecule has 24 heavy (non-hydrogen) atoms. The maximum absolute atomic E-state index is 12.0. The molecule has 0 heterocycles. The number of nitrogens with zero attached hydrogens (tertiary/aromatic N) is 1. The summed E-state index contributed by atoms with van der Waals surface area (Å²) >= 11 is 0. The molecule has 0 saturated heterocycles. The van der Waals surface area contributed by atoms with E-state index in [1.54, 1.807) is 0 Å². The fraction of sp³-hybridized carbons (Fsp3) is 0.400. The lowest BCUT2D eigenvalue weighted by atomic mass is 9.85. The maximum atomic E-state index is 12.0. The SMILES string of the molecule is C=C(C)C1CC=C(C)/C(=N\NC(=O)COc2ccc(C)cc2C)C1. The van der Waals surface area contributed by atoms with Crippen molar-refractivity contribution in [2.75, 3.05) is 6.61 Å². The van der Waals surface area contributed by atoms with Gasteiger partial charge in [0.05, 0.1) is 5.71 Å². The second-order valence-electron chi connectivity index (χ2n) is 6.52. The van der Waals surface area contributed by atoms with Crippen LogP contribution < -0.4 is 10.2 Å². The highest BCUT2D eigenvalue weighted by molar-refractivity contribution is 6.01. The zero-order valence-corrected chi connectivity index (χ0v) is 15.0. The number of nitrogens with one attached hydrogen (secondary N) is 1. The van der Waals surface area contributed by atoms with Crippen LogP contribution >= 0.6 is 0 Å². The van der Waals surface area contributed by atoms with Crippen molar-refractivity contribution < 1.29 is 9.53 Å². The van der Waals surface area contributed by atoms with Gasteiger partial charge in [-0.1, -0.05) is 35.9 Å². The van der Waals surface area contributed by atoms with Gasteiger partial charge >= 0.3 is 0 Å². The molecule has 0 fully saturated rings. The maximum Gasteiger partial charge on any atom is 0.277 e. The summed E-state index contributed by atoms with van der Waals surface area (Å²) in [4.78, 5) is 12.0. The molecule has 0 saturated carbocycles. The van der Waals surface area contributed by atoms with E-state index >= 15 is 0 Å². The normalized spacial score (nSPS) is 18.9. The standard InChI is InChI=1S/C20H26N2O2/c1-13(2)17-8-7-15(4)18(11-17)21-22-20(23)12-24-19-9-6-14(3)10-16(19)5/h6-7,9-10,17H,1,8,11-12H2,2-5H3,(H,22,23)/b21-18-. The van der Waals surface area contributed by atoms with Crippen molar-refractivity contribution in [3.63, 3.8) is 0 Å². The van der Waals surface area contributed by atoms with Crippen molar-refractivity contribution in [3.8, 4) is 5.75 Å². The lowest BCUT2D eigenvalue weighted by Gasteiger charge is -2.22. The van der Waals surface area contributed by atoms with Crippen LogP contribution in [-0.2, 0) is 4.79 Å². The van der Waals surface area contributed by atoms with E-state index < -0.39 is 0 Å². The van der Waals surface area contributed by atoms with Crippen LogP contribution in [0.15, 0.2) is 47.1 Å². The Kier molecular flexibility index (Phi) is 5.96. The monoisotopic (exact) mass is 326 g/mol. The van der Waals surface area contributed by atoms with Crippen LogP contribution in [0, 0.1) is 19.8 Å². The Hall–Kier alpha value is -2.36. The Morgan fingerprint density at radius 3 is 2.79 bits per heavy atom. The fourth-order valence-corrected chi connectivity index (χ4v) is 2.69. The van der Waals surface area contributed by atoms with Crippen LogP contribution in [0.5, 0.6) is 5.75 Å². The second kappa shape index (κ2) is 7.95. The highest BCUT2D eigenvalue weighted by Crippen LogP contribution is 2.26. The minimum atomic E-state index is -0.257. The molecule has 1 amide bonds. The number of amides is 1. The topological polar surface area (TPSA) is 50.7 Å². The smallest absolute Gasteiger partial charge is 0.277 e. The second-order valence-corrected chi connectivity index (χ2v) is 6.52. The molecule has 1 aliphatic carbocycles. The van der Waals surface area contributed by atoms with E-state index in [1.165, 1.54) is 5.56 Å². The number of rotatable bonds is 5. The first-order valence-electron chi connectivity index (χ1n) is 8.24. The summed E-state index contributed by atoms with van der Waals surface area (Å²) in [5.41, 5.74) is 7.96. The van der Waals surface area contributed by atoms with E-state index in [1.807, 2.05) is 45.9 Å². The van der Waals surface area contributed by atoms with Crippen LogP contribution in [0.2, 0.25) is 0 Å². The van der Waals surface area contributed by atoms with Gasteiger partial charge < -0.3 is 4.74 Å². The first-order valence-corrected chi connectivity index (χ1v) is 8.24. The molecule has 2 rings (SSSR count). The molecule has 0 spiro atoms. The first-order chi connectivity index (χ1) is 11.4. The van der Waals surface area contributed by atoms with Crippen LogP contribution in [0.1, 0.15) is 37.8 Å². The Morgan fingerprint density at radius 2 is 2.12 bits per heavy atom. The lowest BCUT2D eigenvalue weighted by Crippen LogP contribution is -2.27. The van der Waals surface area contributed by atoms with E-state index in [0.717, 1.165) is 41.0 Å². The van der Waals surface area contributed by atoms with E-state index in [2.05, 4.69) is 23.2 Å². The van der Waals surface area contributed by atoms with E-state index in [4.69, 9.17) is 4.74 Å². The summed E-state index contributed by atoms with van der Waals surface area (Å²) in [7, 11) is 0. The van der Waals surface area contributed by atoms with Gasteiger partial charge in [0, 0.05) is 0 Å². The molecular formula is C20H26N2O2. The van der Waals surface area contributed by atoms with E-state index in [9.17, 15) is 4.79 Å². The molecule has 1 atom stereocenters. The summed E-state index contributed by atoms with van der Waals surface area (Å²) in [5, 5.41) is 4.27. The molecule has 1 unspecified atom stereocenters. The molecule has 4 heteroatoms. The Labute approximate surface area is 144 Å². The van der Waals surface area contributed by atoms with Gasteiger partial charge in [0.1, 0.15) is 5.75 Å². The van der Waals surface area contributed by atoms with Crippen molar-refractivity contribution in [2.24, 2.45) is 11.0 Å². The summed E-state index contributed by atoms with van der Waals surface area (Å²) in [5.74, 6) is 0.864. The quantitative estimate of drug-likeness (QED) is 0.654. The molecular weight excluding hydrogens is 300 g/mol. The zero-order chi connectivity index (χ0) is 17.7. The van der Waals surface area contributed by atoms with Crippen molar-refractivity contribution in [3.05, 3.63) is 53.1 Å².